The molecule has 1 saturated carbocycles. The number of esters is 1. The summed E-state index contributed by atoms with van der Waals surface area (Å²) in [4.78, 5) is 48.8. The first kappa shape index (κ1) is 23.3. The van der Waals surface area contributed by atoms with Crippen LogP contribution in [-0.2, 0) is 30.5 Å². The van der Waals surface area contributed by atoms with Crippen LogP contribution in [-0.4, -0.2) is 54.2 Å². The Balaban J connectivity index is 2.00. The average Bonchev–Trinajstić information content (AvgIpc) is 2.74. The molecule has 2 amide bonds. The highest BCUT2D eigenvalue weighted by atomic mass is 16.5. The molecule has 9 heteroatoms. The largest absolute Gasteiger partial charge is 0.467 e. The number of hydrogen-bond donors (Lipinski definition) is 3. The molecule has 0 saturated heterocycles. The van der Waals surface area contributed by atoms with Gasteiger partial charge < -0.3 is 25.2 Å². The Morgan fingerprint density at radius 3 is 2.50 bits per heavy atom. The third-order valence-corrected chi connectivity index (χ3v) is 5.00. The zero-order chi connectivity index (χ0) is 22.1. The molecule has 1 fully saturated rings. The molecule has 3 N–H and O–H groups in total. The van der Waals surface area contributed by atoms with Crippen molar-refractivity contribution in [3.05, 3.63) is 35.9 Å². The first-order valence-electron chi connectivity index (χ1n) is 9.87. The van der Waals surface area contributed by atoms with Crippen LogP contribution in [0.25, 0.3) is 0 Å². The van der Waals surface area contributed by atoms with E-state index in [1.807, 2.05) is 6.07 Å². The lowest BCUT2D eigenvalue weighted by Gasteiger charge is -2.30. The predicted molar refractivity (Wildman–Crippen MR) is 106 cm³/mol. The van der Waals surface area contributed by atoms with Crippen LogP contribution in [0.4, 0.5) is 4.79 Å². The van der Waals surface area contributed by atoms with E-state index in [0.29, 0.717) is 19.3 Å². The number of alkyl carbamates (subject to hydrolysis) is 1. The van der Waals surface area contributed by atoms with Crippen molar-refractivity contribution >= 4 is 23.8 Å². The SMILES string of the molecule is COC(=O)[C@H](NC(=O)[C@@H](NC(=O)OCc1ccccc1)[C@@H](C)O)[C@H]1CCCC(=O)C1. The van der Waals surface area contributed by atoms with Gasteiger partial charge in [0.25, 0.3) is 0 Å². The van der Waals surface area contributed by atoms with Gasteiger partial charge >= 0.3 is 12.1 Å². The lowest BCUT2D eigenvalue weighted by atomic mass is 9.83. The Morgan fingerprint density at radius 2 is 1.90 bits per heavy atom. The highest BCUT2D eigenvalue weighted by Gasteiger charge is 2.37. The summed E-state index contributed by atoms with van der Waals surface area (Å²) in [6.07, 6.45) is -0.327. The minimum Gasteiger partial charge on any atom is -0.467 e. The molecule has 0 spiro atoms. The Hall–Kier alpha value is -2.94. The van der Waals surface area contributed by atoms with E-state index in [1.165, 1.54) is 14.0 Å². The number of methoxy groups -OCH3 is 1. The van der Waals surface area contributed by atoms with E-state index in [9.17, 15) is 24.3 Å². The van der Waals surface area contributed by atoms with Gasteiger partial charge in [-0.2, -0.15) is 0 Å². The number of nitrogens with one attached hydrogen (secondary N) is 2. The molecule has 30 heavy (non-hydrogen) atoms. The molecule has 1 aliphatic carbocycles. The third-order valence-electron chi connectivity index (χ3n) is 5.00. The van der Waals surface area contributed by atoms with Gasteiger partial charge in [-0.3, -0.25) is 9.59 Å². The van der Waals surface area contributed by atoms with Crippen LogP contribution in [0.1, 0.15) is 38.2 Å². The Kier molecular flexibility index (Phi) is 8.79. The van der Waals surface area contributed by atoms with Crippen molar-refractivity contribution in [3.8, 4) is 0 Å². The smallest absolute Gasteiger partial charge is 0.408 e. The van der Waals surface area contributed by atoms with Gasteiger partial charge in [-0.1, -0.05) is 30.3 Å². The summed E-state index contributed by atoms with van der Waals surface area (Å²) in [5.74, 6) is -1.83. The lowest BCUT2D eigenvalue weighted by Crippen LogP contribution is -2.57. The van der Waals surface area contributed by atoms with Crippen LogP contribution in [0.15, 0.2) is 30.3 Å². The van der Waals surface area contributed by atoms with Gasteiger partial charge in [0.2, 0.25) is 5.91 Å². The summed E-state index contributed by atoms with van der Waals surface area (Å²) in [5.41, 5.74) is 0.762. The normalized spacial score (nSPS) is 19.2. The van der Waals surface area contributed by atoms with E-state index in [4.69, 9.17) is 9.47 Å². The van der Waals surface area contributed by atoms with Gasteiger partial charge in [0, 0.05) is 12.8 Å². The van der Waals surface area contributed by atoms with Crippen molar-refractivity contribution < 1.29 is 33.8 Å². The van der Waals surface area contributed by atoms with Gasteiger partial charge in [-0.15, -0.1) is 0 Å². The van der Waals surface area contributed by atoms with Crippen LogP contribution < -0.4 is 10.6 Å². The van der Waals surface area contributed by atoms with E-state index < -0.39 is 42.1 Å². The van der Waals surface area contributed by atoms with Gasteiger partial charge in [0.15, 0.2) is 0 Å². The molecule has 2 rings (SSSR count). The number of ketones is 1. The molecule has 164 valence electrons. The second-order valence-electron chi connectivity index (χ2n) is 7.33. The maximum atomic E-state index is 12.7. The zero-order valence-corrected chi connectivity index (χ0v) is 17.1. The van der Waals surface area contributed by atoms with Gasteiger partial charge in [-0.05, 0) is 31.2 Å². The number of benzene rings is 1. The summed E-state index contributed by atoms with van der Waals surface area (Å²) < 4.78 is 9.86. The summed E-state index contributed by atoms with van der Waals surface area (Å²) >= 11 is 0. The minimum atomic E-state index is -1.35. The Morgan fingerprint density at radius 1 is 1.20 bits per heavy atom. The summed E-state index contributed by atoms with van der Waals surface area (Å²) in [7, 11) is 1.19. The highest BCUT2D eigenvalue weighted by Crippen LogP contribution is 2.25. The van der Waals surface area contributed by atoms with Gasteiger partial charge in [0.05, 0.1) is 13.2 Å². The van der Waals surface area contributed by atoms with E-state index >= 15 is 0 Å². The van der Waals surface area contributed by atoms with E-state index in [2.05, 4.69) is 10.6 Å². The number of ether oxygens (including phenoxy) is 2. The first-order chi connectivity index (χ1) is 14.3. The number of aliphatic hydroxyl groups is 1. The molecule has 9 nitrogen and oxygen atoms in total. The molecule has 0 bridgehead atoms. The van der Waals surface area contributed by atoms with Crippen LogP contribution in [0, 0.1) is 5.92 Å². The van der Waals surface area contributed by atoms with E-state index in [0.717, 1.165) is 5.56 Å². The maximum Gasteiger partial charge on any atom is 0.408 e. The topological polar surface area (TPSA) is 131 Å². The van der Waals surface area contributed by atoms with E-state index in [-0.39, 0.29) is 18.8 Å². The standard InChI is InChI=1S/C21H28N2O7/c1-13(24)17(23-21(28)30-12-14-7-4-3-5-8-14)19(26)22-18(20(27)29-2)15-9-6-10-16(25)11-15/h3-5,7-8,13,15,17-18,24H,6,9-12H2,1-2H3,(H,22,26)(H,23,28)/t13-,15+,17+,18-/m1/s1. The average molecular weight is 420 g/mol. The van der Waals surface area contributed by atoms with Crippen LogP contribution >= 0.6 is 0 Å². The zero-order valence-electron chi connectivity index (χ0n) is 17.1. The van der Waals surface area contributed by atoms with Crippen molar-refractivity contribution in [3.63, 3.8) is 0 Å². The molecule has 0 radical (unpaired) electrons. The van der Waals surface area contributed by atoms with Crippen molar-refractivity contribution in [1.82, 2.24) is 10.6 Å². The Bertz CT molecular complexity index is 751. The second-order valence-corrected chi connectivity index (χ2v) is 7.33. The number of Topliss-reactive ketones (excluding diaryl/α,β-unsaturated/α-hetero) is 1. The monoisotopic (exact) mass is 420 g/mol. The number of carbonyl (C=O) groups is 4. The molecule has 4 atom stereocenters. The van der Waals surface area contributed by atoms with Crippen molar-refractivity contribution in [2.75, 3.05) is 7.11 Å². The lowest BCUT2D eigenvalue weighted by molar-refractivity contribution is -0.148. The quantitative estimate of drug-likeness (QED) is 0.536. The number of aliphatic hydroxyl groups excluding tert-OH is 1. The molecule has 0 unspecified atom stereocenters. The number of carbonyl (C=O) groups excluding carboxylic acids is 4. The number of rotatable bonds is 8. The van der Waals surface area contributed by atoms with E-state index in [1.54, 1.807) is 24.3 Å². The van der Waals surface area contributed by atoms with Gasteiger partial charge in [0.1, 0.15) is 24.5 Å². The molecular formula is C21H28N2O7. The Labute approximate surface area is 175 Å². The summed E-state index contributed by atoms with van der Waals surface area (Å²) in [5, 5.41) is 14.8. The first-order valence-corrected chi connectivity index (χ1v) is 9.87. The molecular weight excluding hydrogens is 392 g/mol. The maximum absolute atomic E-state index is 12.7. The van der Waals surface area contributed by atoms with Crippen LogP contribution in [0.3, 0.4) is 0 Å². The van der Waals surface area contributed by atoms with Crippen LogP contribution in [0.5, 0.6) is 0 Å². The highest BCUT2D eigenvalue weighted by molar-refractivity contribution is 5.90. The van der Waals surface area contributed by atoms with Crippen molar-refractivity contribution in [2.24, 2.45) is 5.92 Å². The fourth-order valence-electron chi connectivity index (χ4n) is 3.38. The van der Waals surface area contributed by atoms with Crippen molar-refractivity contribution in [2.45, 2.75) is 57.4 Å². The molecule has 0 heterocycles. The predicted octanol–water partition coefficient (Wildman–Crippen LogP) is 1.08. The molecule has 1 aliphatic rings. The van der Waals surface area contributed by atoms with Gasteiger partial charge in [-0.25, -0.2) is 9.59 Å². The van der Waals surface area contributed by atoms with Crippen LogP contribution in [0.2, 0.25) is 0 Å². The van der Waals surface area contributed by atoms with Crippen molar-refractivity contribution in [1.29, 1.82) is 0 Å². The molecule has 0 aliphatic heterocycles. The molecule has 0 aromatic heterocycles. The molecule has 1 aromatic carbocycles. The fraction of sp³-hybridized carbons (Fsp3) is 0.524. The minimum absolute atomic E-state index is 0.00417. The number of hydrogen-bond acceptors (Lipinski definition) is 7. The third kappa shape index (κ3) is 6.84. The molecule has 1 aromatic rings. The summed E-state index contributed by atoms with van der Waals surface area (Å²) in [6.45, 7) is 1.33. The number of amides is 2. The second kappa shape index (κ2) is 11.3. The fourth-order valence-corrected chi connectivity index (χ4v) is 3.38. The summed E-state index contributed by atoms with van der Waals surface area (Å²) in [6, 6.07) is 6.58.